The van der Waals surface area contributed by atoms with Crippen molar-refractivity contribution in [1.29, 1.82) is 5.26 Å². The first-order valence-electron chi connectivity index (χ1n) is 4.79. The monoisotopic (exact) mass is 198 g/mol. The number of nitrogens with zero attached hydrogens (tertiary/aromatic N) is 1. The molecule has 4 heteroatoms. The second-order valence-electron chi connectivity index (χ2n) is 3.93. The maximum atomic E-state index is 11.4. The van der Waals surface area contributed by atoms with Crippen LogP contribution in [0.25, 0.3) is 0 Å². The third-order valence-electron chi connectivity index (χ3n) is 2.04. The standard InChI is InChI=1S/C10H18N2O2/c1-5-10(4,7-11)9(13)12-14-6-8(2)3/h8H,5-6H2,1-4H3,(H,12,13). The largest absolute Gasteiger partial charge is 0.273 e. The van der Waals surface area contributed by atoms with Gasteiger partial charge in [-0.15, -0.1) is 0 Å². The van der Waals surface area contributed by atoms with E-state index in [9.17, 15) is 4.79 Å². The maximum absolute atomic E-state index is 11.4. The lowest BCUT2D eigenvalue weighted by Crippen LogP contribution is -2.38. The average molecular weight is 198 g/mol. The van der Waals surface area contributed by atoms with Crippen LogP contribution in [0, 0.1) is 22.7 Å². The highest BCUT2D eigenvalue weighted by atomic mass is 16.7. The van der Waals surface area contributed by atoms with Gasteiger partial charge in [-0.3, -0.25) is 9.63 Å². The first kappa shape index (κ1) is 12.9. The van der Waals surface area contributed by atoms with Crippen LogP contribution >= 0.6 is 0 Å². The van der Waals surface area contributed by atoms with Crippen LogP contribution in [-0.4, -0.2) is 12.5 Å². The molecule has 0 rings (SSSR count). The molecule has 0 aromatic heterocycles. The normalized spacial score (nSPS) is 14.6. The lowest BCUT2D eigenvalue weighted by molar-refractivity contribution is -0.141. The third kappa shape index (κ3) is 3.75. The molecule has 0 aliphatic heterocycles. The summed E-state index contributed by atoms with van der Waals surface area (Å²) in [6.45, 7) is 7.81. The highest BCUT2D eigenvalue weighted by molar-refractivity contribution is 5.83. The van der Waals surface area contributed by atoms with Crippen molar-refractivity contribution < 1.29 is 9.63 Å². The summed E-state index contributed by atoms with van der Waals surface area (Å²) in [5.41, 5.74) is 1.31. The van der Waals surface area contributed by atoms with Crippen molar-refractivity contribution in [2.45, 2.75) is 34.1 Å². The Bertz CT molecular complexity index is 233. The molecule has 0 saturated carbocycles. The van der Waals surface area contributed by atoms with Gasteiger partial charge in [-0.25, -0.2) is 5.48 Å². The van der Waals surface area contributed by atoms with Gasteiger partial charge in [0.2, 0.25) is 0 Å². The number of hydroxylamine groups is 1. The number of nitrogens with one attached hydrogen (secondary N) is 1. The molecule has 0 saturated heterocycles. The zero-order chi connectivity index (χ0) is 11.2. The minimum Gasteiger partial charge on any atom is -0.273 e. The molecular weight excluding hydrogens is 180 g/mol. The Labute approximate surface area is 85.2 Å². The molecule has 0 bridgehead atoms. The van der Waals surface area contributed by atoms with Crippen molar-refractivity contribution in [3.63, 3.8) is 0 Å². The van der Waals surface area contributed by atoms with Crippen LogP contribution in [-0.2, 0) is 9.63 Å². The molecule has 0 spiro atoms. The van der Waals surface area contributed by atoms with Gasteiger partial charge in [0.25, 0.3) is 5.91 Å². The van der Waals surface area contributed by atoms with Gasteiger partial charge in [-0.1, -0.05) is 20.8 Å². The van der Waals surface area contributed by atoms with E-state index in [-0.39, 0.29) is 5.91 Å². The fourth-order valence-corrected chi connectivity index (χ4v) is 0.677. The van der Waals surface area contributed by atoms with E-state index in [1.807, 2.05) is 19.9 Å². The lowest BCUT2D eigenvalue weighted by Gasteiger charge is -2.18. The molecule has 4 nitrogen and oxygen atoms in total. The highest BCUT2D eigenvalue weighted by Crippen LogP contribution is 2.19. The molecule has 1 unspecified atom stereocenters. The molecule has 0 aliphatic rings. The third-order valence-corrected chi connectivity index (χ3v) is 2.04. The predicted molar refractivity (Wildman–Crippen MR) is 52.9 cm³/mol. The summed E-state index contributed by atoms with van der Waals surface area (Å²) < 4.78 is 0. The molecule has 0 radical (unpaired) electrons. The van der Waals surface area contributed by atoms with E-state index in [1.165, 1.54) is 0 Å². The Morgan fingerprint density at radius 2 is 2.21 bits per heavy atom. The highest BCUT2D eigenvalue weighted by Gasteiger charge is 2.31. The SMILES string of the molecule is CCC(C)(C#N)C(=O)NOCC(C)C. The maximum Gasteiger partial charge on any atom is 0.263 e. The summed E-state index contributed by atoms with van der Waals surface area (Å²) in [7, 11) is 0. The number of carbonyl (C=O) groups excluding carboxylic acids is 1. The van der Waals surface area contributed by atoms with Gasteiger partial charge in [-0.05, 0) is 19.3 Å². The average Bonchev–Trinajstić information content (AvgIpc) is 2.15. The smallest absolute Gasteiger partial charge is 0.263 e. The number of amides is 1. The summed E-state index contributed by atoms with van der Waals surface area (Å²) in [5, 5.41) is 8.80. The van der Waals surface area contributed by atoms with E-state index < -0.39 is 5.41 Å². The number of carbonyl (C=O) groups is 1. The van der Waals surface area contributed by atoms with Crippen molar-refractivity contribution in [3.05, 3.63) is 0 Å². The summed E-state index contributed by atoms with van der Waals surface area (Å²) in [6.07, 6.45) is 0.473. The molecule has 0 aromatic carbocycles. The quantitative estimate of drug-likeness (QED) is 0.683. The summed E-state index contributed by atoms with van der Waals surface area (Å²) >= 11 is 0. The van der Waals surface area contributed by atoms with E-state index in [4.69, 9.17) is 10.1 Å². The van der Waals surface area contributed by atoms with E-state index in [1.54, 1.807) is 13.8 Å². The summed E-state index contributed by atoms with van der Waals surface area (Å²) in [6, 6.07) is 1.97. The minimum atomic E-state index is -0.989. The van der Waals surface area contributed by atoms with Crippen molar-refractivity contribution in [2.75, 3.05) is 6.61 Å². The van der Waals surface area contributed by atoms with Crippen LogP contribution in [0.15, 0.2) is 0 Å². The molecule has 0 fully saturated rings. The Balaban J connectivity index is 4.02. The molecule has 1 N–H and O–H groups in total. The van der Waals surface area contributed by atoms with Crippen LogP contribution < -0.4 is 5.48 Å². The molecule has 0 aliphatic carbocycles. The van der Waals surface area contributed by atoms with Gasteiger partial charge >= 0.3 is 0 Å². The number of hydrogen-bond donors (Lipinski definition) is 1. The van der Waals surface area contributed by atoms with Gasteiger partial charge < -0.3 is 0 Å². The molecule has 0 heterocycles. The first-order valence-corrected chi connectivity index (χ1v) is 4.79. The Kier molecular flexibility index (Phi) is 5.18. The van der Waals surface area contributed by atoms with Gasteiger partial charge in [0.1, 0.15) is 5.41 Å². The van der Waals surface area contributed by atoms with E-state index in [0.29, 0.717) is 18.9 Å². The first-order chi connectivity index (χ1) is 6.46. The molecule has 1 atom stereocenters. The van der Waals surface area contributed by atoms with Crippen LogP contribution in [0.5, 0.6) is 0 Å². The molecule has 0 aromatic rings. The fraction of sp³-hybridized carbons (Fsp3) is 0.800. The van der Waals surface area contributed by atoms with E-state index in [0.717, 1.165) is 0 Å². The van der Waals surface area contributed by atoms with E-state index >= 15 is 0 Å². The number of hydrogen-bond acceptors (Lipinski definition) is 3. The van der Waals surface area contributed by atoms with Gasteiger partial charge in [0.15, 0.2) is 0 Å². The number of nitriles is 1. The second kappa shape index (κ2) is 5.61. The Morgan fingerprint density at radius 1 is 1.64 bits per heavy atom. The zero-order valence-corrected chi connectivity index (χ0v) is 9.26. The van der Waals surface area contributed by atoms with Crippen LogP contribution in [0.4, 0.5) is 0 Å². The van der Waals surface area contributed by atoms with Crippen molar-refractivity contribution >= 4 is 5.91 Å². The lowest BCUT2D eigenvalue weighted by atomic mass is 9.89. The summed E-state index contributed by atoms with van der Waals surface area (Å²) in [5.74, 6) is -0.0200. The van der Waals surface area contributed by atoms with Gasteiger partial charge in [0, 0.05) is 0 Å². The second-order valence-corrected chi connectivity index (χ2v) is 3.93. The molecule has 80 valence electrons. The van der Waals surface area contributed by atoms with Gasteiger partial charge in [0.05, 0.1) is 12.7 Å². The topological polar surface area (TPSA) is 62.1 Å². The van der Waals surface area contributed by atoms with Crippen molar-refractivity contribution in [3.8, 4) is 6.07 Å². The zero-order valence-electron chi connectivity index (χ0n) is 9.26. The minimum absolute atomic E-state index is 0.352. The van der Waals surface area contributed by atoms with E-state index in [2.05, 4.69) is 5.48 Å². The van der Waals surface area contributed by atoms with Crippen LogP contribution in [0.3, 0.4) is 0 Å². The van der Waals surface area contributed by atoms with Crippen LogP contribution in [0.1, 0.15) is 34.1 Å². The fourth-order valence-electron chi connectivity index (χ4n) is 0.677. The molecular formula is C10H18N2O2. The van der Waals surface area contributed by atoms with Gasteiger partial charge in [-0.2, -0.15) is 5.26 Å². The Hall–Kier alpha value is -1.08. The van der Waals surface area contributed by atoms with Crippen molar-refractivity contribution in [1.82, 2.24) is 5.48 Å². The summed E-state index contributed by atoms with van der Waals surface area (Å²) in [4.78, 5) is 16.4. The number of rotatable bonds is 5. The van der Waals surface area contributed by atoms with Crippen molar-refractivity contribution in [2.24, 2.45) is 11.3 Å². The molecule has 14 heavy (non-hydrogen) atoms. The molecule has 1 amide bonds. The predicted octanol–water partition coefficient (Wildman–Crippen LogP) is 1.63. The van der Waals surface area contributed by atoms with Crippen LogP contribution in [0.2, 0.25) is 0 Å². The Morgan fingerprint density at radius 3 is 2.57 bits per heavy atom.